The van der Waals surface area contributed by atoms with Gasteiger partial charge in [0.25, 0.3) is 0 Å². The van der Waals surface area contributed by atoms with Crippen molar-refractivity contribution < 1.29 is 17.9 Å². The van der Waals surface area contributed by atoms with Crippen LogP contribution in [0, 0.1) is 0 Å². The quantitative estimate of drug-likeness (QED) is 0.563. The minimum absolute atomic E-state index is 0.213. The summed E-state index contributed by atoms with van der Waals surface area (Å²) in [7, 11) is -1.64. The molecule has 0 spiro atoms. The molecule has 0 unspecified atom stereocenters. The Bertz CT molecular complexity index is 473. The number of ether oxygens (including phenoxy) is 2. The zero-order valence-corrected chi connectivity index (χ0v) is 10.6. The van der Waals surface area contributed by atoms with E-state index in [1.165, 1.54) is 7.11 Å². The van der Waals surface area contributed by atoms with Crippen LogP contribution >= 0.6 is 0 Å². The Labute approximate surface area is 101 Å². The van der Waals surface area contributed by atoms with Crippen LogP contribution in [-0.2, 0) is 10.0 Å². The fourth-order valence-electron chi connectivity index (χ4n) is 1.20. The number of methoxy groups -OCH3 is 1. The van der Waals surface area contributed by atoms with Crippen molar-refractivity contribution in [2.24, 2.45) is 0 Å². The van der Waals surface area contributed by atoms with Crippen LogP contribution in [0.3, 0.4) is 0 Å². The third-order valence-corrected chi connectivity index (χ3v) is 2.66. The number of anilines is 1. The summed E-state index contributed by atoms with van der Waals surface area (Å²) in [5.41, 5.74) is 6.16. The van der Waals surface area contributed by atoms with Crippen LogP contribution in [0.15, 0.2) is 18.2 Å². The molecule has 0 aliphatic rings. The van der Waals surface area contributed by atoms with Gasteiger partial charge in [-0.15, -0.1) is 0 Å². The summed E-state index contributed by atoms with van der Waals surface area (Å²) in [5, 5.41) is 0. The van der Waals surface area contributed by atoms with E-state index in [1.54, 1.807) is 18.2 Å². The Morgan fingerprint density at radius 3 is 2.65 bits per heavy atom. The fourth-order valence-corrected chi connectivity index (χ4v) is 1.65. The standard InChI is InChI=1S/C10H16N2O4S/c1-15-10-4-3-8(7-9(10)11)16-6-5-12-17(2,13)14/h3-4,7,12H,5-6,11H2,1-2H3. The van der Waals surface area contributed by atoms with Gasteiger partial charge in [-0.05, 0) is 12.1 Å². The summed E-state index contributed by atoms with van der Waals surface area (Å²) in [5.74, 6) is 1.14. The predicted octanol–water partition coefficient (Wildman–Crippen LogP) is 0.205. The van der Waals surface area contributed by atoms with Gasteiger partial charge in [-0.1, -0.05) is 0 Å². The van der Waals surface area contributed by atoms with E-state index in [-0.39, 0.29) is 13.2 Å². The predicted molar refractivity (Wildman–Crippen MR) is 65.7 cm³/mol. The molecule has 1 aromatic rings. The summed E-state index contributed by atoms with van der Waals surface area (Å²) in [6, 6.07) is 5.02. The molecule has 0 heterocycles. The first-order chi connectivity index (χ1) is 7.92. The molecular formula is C10H16N2O4S. The molecule has 3 N–H and O–H groups in total. The van der Waals surface area contributed by atoms with Crippen molar-refractivity contribution in [3.8, 4) is 11.5 Å². The van der Waals surface area contributed by atoms with E-state index >= 15 is 0 Å². The lowest BCUT2D eigenvalue weighted by Gasteiger charge is -2.09. The summed E-state index contributed by atoms with van der Waals surface area (Å²) < 4.78 is 34.2. The molecule has 0 saturated carbocycles. The van der Waals surface area contributed by atoms with E-state index in [0.717, 1.165) is 6.26 Å². The molecule has 1 aromatic carbocycles. The minimum Gasteiger partial charge on any atom is -0.495 e. The van der Waals surface area contributed by atoms with Crippen molar-refractivity contribution in [2.75, 3.05) is 32.3 Å². The molecule has 0 amide bonds. The number of nitrogens with one attached hydrogen (secondary N) is 1. The van der Waals surface area contributed by atoms with Gasteiger partial charge >= 0.3 is 0 Å². The number of nitrogen functional groups attached to an aromatic ring is 1. The smallest absolute Gasteiger partial charge is 0.208 e. The second-order valence-corrected chi connectivity index (χ2v) is 5.25. The van der Waals surface area contributed by atoms with Gasteiger partial charge in [0.15, 0.2) is 0 Å². The molecule has 6 nitrogen and oxygen atoms in total. The molecule has 0 saturated heterocycles. The van der Waals surface area contributed by atoms with E-state index in [4.69, 9.17) is 15.2 Å². The topological polar surface area (TPSA) is 90.6 Å². The van der Waals surface area contributed by atoms with Crippen molar-refractivity contribution in [3.63, 3.8) is 0 Å². The van der Waals surface area contributed by atoms with Crippen molar-refractivity contribution in [3.05, 3.63) is 18.2 Å². The Kier molecular flexibility index (Phi) is 4.59. The average molecular weight is 260 g/mol. The molecule has 0 radical (unpaired) electrons. The monoisotopic (exact) mass is 260 g/mol. The summed E-state index contributed by atoms with van der Waals surface area (Å²) in [6.45, 7) is 0.448. The first kappa shape index (κ1) is 13.6. The van der Waals surface area contributed by atoms with Crippen LogP contribution < -0.4 is 19.9 Å². The largest absolute Gasteiger partial charge is 0.495 e. The van der Waals surface area contributed by atoms with E-state index in [9.17, 15) is 8.42 Å². The van der Waals surface area contributed by atoms with Gasteiger partial charge < -0.3 is 15.2 Å². The Balaban J connectivity index is 2.45. The van der Waals surface area contributed by atoms with Gasteiger partial charge in [0, 0.05) is 12.6 Å². The molecule has 0 fully saturated rings. The molecule has 0 atom stereocenters. The lowest BCUT2D eigenvalue weighted by molar-refractivity contribution is 0.322. The SMILES string of the molecule is COc1ccc(OCCNS(C)(=O)=O)cc1N. The second kappa shape index (κ2) is 5.74. The highest BCUT2D eigenvalue weighted by molar-refractivity contribution is 7.88. The first-order valence-corrected chi connectivity index (χ1v) is 6.82. The zero-order valence-electron chi connectivity index (χ0n) is 9.76. The molecule has 17 heavy (non-hydrogen) atoms. The van der Waals surface area contributed by atoms with E-state index in [0.29, 0.717) is 17.2 Å². The van der Waals surface area contributed by atoms with Crippen LogP contribution in [-0.4, -0.2) is 34.9 Å². The van der Waals surface area contributed by atoms with E-state index < -0.39 is 10.0 Å². The molecule has 0 bridgehead atoms. The first-order valence-electron chi connectivity index (χ1n) is 4.93. The molecule has 7 heteroatoms. The van der Waals surface area contributed by atoms with Gasteiger partial charge in [-0.25, -0.2) is 13.1 Å². The summed E-state index contributed by atoms with van der Waals surface area (Å²) in [4.78, 5) is 0. The van der Waals surface area contributed by atoms with Crippen molar-refractivity contribution in [2.45, 2.75) is 0 Å². The second-order valence-electron chi connectivity index (χ2n) is 3.42. The van der Waals surface area contributed by atoms with Gasteiger partial charge in [0.2, 0.25) is 10.0 Å². The number of nitrogens with two attached hydrogens (primary N) is 1. The molecule has 96 valence electrons. The Morgan fingerprint density at radius 1 is 1.41 bits per heavy atom. The van der Waals surface area contributed by atoms with Crippen LogP contribution in [0.4, 0.5) is 5.69 Å². The van der Waals surface area contributed by atoms with Gasteiger partial charge in [0.05, 0.1) is 19.1 Å². The van der Waals surface area contributed by atoms with Crippen LogP contribution in [0.5, 0.6) is 11.5 Å². The highest BCUT2D eigenvalue weighted by Gasteiger charge is 2.02. The molecule has 0 aliphatic carbocycles. The third-order valence-electron chi connectivity index (χ3n) is 1.94. The normalized spacial score (nSPS) is 11.2. The summed E-state index contributed by atoms with van der Waals surface area (Å²) in [6.07, 6.45) is 1.10. The number of sulfonamides is 1. The lowest BCUT2D eigenvalue weighted by Crippen LogP contribution is -2.26. The van der Waals surface area contributed by atoms with Crippen molar-refractivity contribution in [1.82, 2.24) is 4.72 Å². The minimum atomic E-state index is -3.17. The maximum absolute atomic E-state index is 10.8. The highest BCUT2D eigenvalue weighted by Crippen LogP contribution is 2.25. The Morgan fingerprint density at radius 2 is 2.12 bits per heavy atom. The van der Waals surface area contributed by atoms with E-state index in [1.807, 2.05) is 0 Å². The number of rotatable bonds is 6. The van der Waals surface area contributed by atoms with Gasteiger partial charge in [0.1, 0.15) is 18.1 Å². The van der Waals surface area contributed by atoms with Gasteiger partial charge in [-0.2, -0.15) is 0 Å². The number of benzene rings is 1. The lowest BCUT2D eigenvalue weighted by atomic mass is 10.3. The maximum atomic E-state index is 10.8. The number of hydrogen-bond acceptors (Lipinski definition) is 5. The molecule has 0 aliphatic heterocycles. The maximum Gasteiger partial charge on any atom is 0.208 e. The Hall–Kier alpha value is -1.47. The highest BCUT2D eigenvalue weighted by atomic mass is 32.2. The van der Waals surface area contributed by atoms with Crippen molar-refractivity contribution in [1.29, 1.82) is 0 Å². The van der Waals surface area contributed by atoms with Crippen molar-refractivity contribution >= 4 is 15.7 Å². The molecule has 1 rings (SSSR count). The molecule has 0 aromatic heterocycles. The van der Waals surface area contributed by atoms with Gasteiger partial charge in [-0.3, -0.25) is 0 Å². The fraction of sp³-hybridized carbons (Fsp3) is 0.400. The van der Waals surface area contributed by atoms with Crippen LogP contribution in [0.2, 0.25) is 0 Å². The van der Waals surface area contributed by atoms with Crippen LogP contribution in [0.1, 0.15) is 0 Å². The zero-order chi connectivity index (χ0) is 12.9. The van der Waals surface area contributed by atoms with Crippen LogP contribution in [0.25, 0.3) is 0 Å². The van der Waals surface area contributed by atoms with E-state index in [2.05, 4.69) is 4.72 Å². The molecular weight excluding hydrogens is 244 g/mol. The average Bonchev–Trinajstić information content (AvgIpc) is 2.23. The third kappa shape index (κ3) is 4.92. The summed E-state index contributed by atoms with van der Waals surface area (Å²) >= 11 is 0. The number of hydrogen-bond donors (Lipinski definition) is 2.